The van der Waals surface area contributed by atoms with Gasteiger partial charge in [-0.15, -0.1) is 0 Å². The minimum atomic E-state index is -1.09. The second-order valence-corrected chi connectivity index (χ2v) is 5.41. The number of aliphatic carboxylic acids is 1. The number of carboxylic acid groups (broad SMARTS) is 1. The van der Waals surface area contributed by atoms with Crippen LogP contribution in [0.2, 0.25) is 0 Å². The number of carbonyl (C=O) groups is 1. The van der Waals surface area contributed by atoms with Gasteiger partial charge in [0.25, 0.3) is 0 Å². The number of fused-ring (bicyclic) bond motifs is 1. The molecule has 0 unspecified atom stereocenters. The van der Waals surface area contributed by atoms with Crippen molar-refractivity contribution >= 4 is 16.9 Å². The van der Waals surface area contributed by atoms with E-state index in [1.54, 1.807) is 31.2 Å². The Bertz CT molecular complexity index is 1020. The molecular weight excluding hydrogens is 340 g/mol. The molecule has 0 spiro atoms. The summed E-state index contributed by atoms with van der Waals surface area (Å²) in [6.07, 6.45) is 0. The molecule has 1 aromatic heterocycles. The summed E-state index contributed by atoms with van der Waals surface area (Å²) in [5, 5.41) is 8.96. The third kappa shape index (κ3) is 3.46. The van der Waals surface area contributed by atoms with E-state index in [9.17, 15) is 9.59 Å². The van der Waals surface area contributed by atoms with Gasteiger partial charge in [0.05, 0.1) is 12.5 Å². The Hall–Kier alpha value is -3.48. The van der Waals surface area contributed by atoms with Crippen LogP contribution in [0, 0.1) is 6.92 Å². The molecule has 134 valence electrons. The van der Waals surface area contributed by atoms with Crippen molar-refractivity contribution in [1.82, 2.24) is 0 Å². The number of rotatable bonds is 6. The van der Waals surface area contributed by atoms with Crippen molar-refractivity contribution in [2.24, 2.45) is 0 Å². The summed E-state index contributed by atoms with van der Waals surface area (Å²) < 4.78 is 21.7. The van der Waals surface area contributed by atoms with Gasteiger partial charge in [-0.1, -0.05) is 12.1 Å². The van der Waals surface area contributed by atoms with Gasteiger partial charge in [-0.05, 0) is 31.2 Å². The Morgan fingerprint density at radius 3 is 2.58 bits per heavy atom. The van der Waals surface area contributed by atoms with Crippen molar-refractivity contribution in [1.29, 1.82) is 0 Å². The maximum atomic E-state index is 12.8. The largest absolute Gasteiger partial charge is 0.493 e. The first kappa shape index (κ1) is 17.3. The van der Waals surface area contributed by atoms with Crippen molar-refractivity contribution in [2.45, 2.75) is 6.92 Å². The first-order valence-electron chi connectivity index (χ1n) is 7.72. The number of hydrogen-bond acceptors (Lipinski definition) is 6. The van der Waals surface area contributed by atoms with Crippen molar-refractivity contribution in [3.05, 3.63) is 58.4 Å². The van der Waals surface area contributed by atoms with E-state index in [4.69, 9.17) is 23.7 Å². The molecule has 2 aromatic carbocycles. The predicted octanol–water partition coefficient (Wildman–Crippen LogP) is 3.37. The van der Waals surface area contributed by atoms with Crippen LogP contribution >= 0.6 is 0 Å². The lowest BCUT2D eigenvalue weighted by Crippen LogP contribution is -2.10. The normalized spacial score (nSPS) is 10.5. The van der Waals surface area contributed by atoms with E-state index >= 15 is 0 Å². The van der Waals surface area contributed by atoms with Crippen LogP contribution in [0.25, 0.3) is 11.0 Å². The summed E-state index contributed by atoms with van der Waals surface area (Å²) in [5.41, 5.74) is -0.0674. The van der Waals surface area contributed by atoms with E-state index in [2.05, 4.69) is 0 Å². The molecule has 0 saturated heterocycles. The van der Waals surface area contributed by atoms with Crippen LogP contribution in [0.4, 0.5) is 0 Å². The molecule has 1 N–H and O–H groups in total. The van der Waals surface area contributed by atoms with E-state index in [0.717, 1.165) is 0 Å². The van der Waals surface area contributed by atoms with Gasteiger partial charge in [-0.3, -0.25) is 4.79 Å². The average Bonchev–Trinajstić information content (AvgIpc) is 2.63. The van der Waals surface area contributed by atoms with Crippen LogP contribution < -0.4 is 19.6 Å². The highest BCUT2D eigenvalue weighted by molar-refractivity contribution is 5.80. The number of methoxy groups -OCH3 is 1. The van der Waals surface area contributed by atoms with Gasteiger partial charge >= 0.3 is 5.97 Å². The number of carboxylic acids is 1. The molecule has 0 amide bonds. The SMILES string of the molecule is COc1ccccc1Oc1c(C)oc2cc(OCC(=O)O)ccc2c1=O. The van der Waals surface area contributed by atoms with Crippen molar-refractivity contribution in [3.8, 4) is 23.0 Å². The van der Waals surface area contributed by atoms with Gasteiger partial charge in [0.1, 0.15) is 17.1 Å². The maximum Gasteiger partial charge on any atom is 0.341 e. The van der Waals surface area contributed by atoms with Gasteiger partial charge in [-0.25, -0.2) is 4.79 Å². The molecule has 0 aliphatic carbocycles. The van der Waals surface area contributed by atoms with Crippen molar-refractivity contribution in [2.75, 3.05) is 13.7 Å². The Balaban J connectivity index is 2.01. The molecular formula is C19H16O7. The fourth-order valence-corrected chi connectivity index (χ4v) is 2.43. The molecule has 1 heterocycles. The molecule has 7 nitrogen and oxygen atoms in total. The van der Waals surface area contributed by atoms with Gasteiger partial charge < -0.3 is 23.7 Å². The topological polar surface area (TPSA) is 95.2 Å². The summed E-state index contributed by atoms with van der Waals surface area (Å²) >= 11 is 0. The van der Waals surface area contributed by atoms with E-state index < -0.39 is 12.6 Å². The first-order chi connectivity index (χ1) is 12.5. The fraction of sp³-hybridized carbons (Fsp3) is 0.158. The van der Waals surface area contributed by atoms with E-state index in [1.807, 2.05) is 0 Å². The molecule has 0 aliphatic rings. The number of benzene rings is 2. The van der Waals surface area contributed by atoms with Crippen LogP contribution in [0.5, 0.6) is 23.0 Å². The Kier molecular flexibility index (Phi) is 4.79. The zero-order valence-electron chi connectivity index (χ0n) is 14.1. The van der Waals surface area contributed by atoms with E-state index in [-0.39, 0.29) is 22.5 Å². The fourth-order valence-electron chi connectivity index (χ4n) is 2.43. The Morgan fingerprint density at radius 1 is 1.15 bits per heavy atom. The molecule has 0 saturated carbocycles. The van der Waals surface area contributed by atoms with Gasteiger partial charge in [-0.2, -0.15) is 0 Å². The van der Waals surface area contributed by atoms with Gasteiger partial charge in [0.15, 0.2) is 18.1 Å². The highest BCUT2D eigenvalue weighted by atomic mass is 16.5. The summed E-state index contributed by atoms with van der Waals surface area (Å²) in [4.78, 5) is 23.4. The second-order valence-electron chi connectivity index (χ2n) is 5.41. The van der Waals surface area contributed by atoms with Crippen LogP contribution in [0.3, 0.4) is 0 Å². The number of aryl methyl sites for hydroxylation is 1. The predicted molar refractivity (Wildman–Crippen MR) is 93.4 cm³/mol. The minimum absolute atomic E-state index is 0.0567. The average molecular weight is 356 g/mol. The molecule has 0 fully saturated rings. The lowest BCUT2D eigenvalue weighted by Gasteiger charge is -2.12. The Morgan fingerprint density at radius 2 is 1.88 bits per heavy atom. The molecule has 3 rings (SSSR count). The van der Waals surface area contributed by atoms with Gasteiger partial charge in [0, 0.05) is 6.07 Å². The lowest BCUT2D eigenvalue weighted by molar-refractivity contribution is -0.139. The summed E-state index contributed by atoms with van der Waals surface area (Å²) in [5.74, 6) is 0.420. The molecule has 3 aromatic rings. The van der Waals surface area contributed by atoms with E-state index in [0.29, 0.717) is 22.6 Å². The highest BCUT2D eigenvalue weighted by Gasteiger charge is 2.16. The molecule has 0 bridgehead atoms. The summed E-state index contributed by atoms with van der Waals surface area (Å²) in [6, 6.07) is 11.4. The molecule has 0 radical (unpaired) electrons. The highest BCUT2D eigenvalue weighted by Crippen LogP contribution is 2.32. The molecule has 26 heavy (non-hydrogen) atoms. The van der Waals surface area contributed by atoms with Crippen LogP contribution in [0.1, 0.15) is 5.76 Å². The van der Waals surface area contributed by atoms with Crippen molar-refractivity contribution < 1.29 is 28.5 Å². The third-order valence-corrected chi connectivity index (χ3v) is 3.63. The lowest BCUT2D eigenvalue weighted by atomic mass is 10.2. The third-order valence-electron chi connectivity index (χ3n) is 3.63. The zero-order valence-corrected chi connectivity index (χ0v) is 14.1. The molecule has 0 atom stereocenters. The van der Waals surface area contributed by atoms with E-state index in [1.165, 1.54) is 25.3 Å². The molecule has 7 heteroatoms. The smallest absolute Gasteiger partial charge is 0.341 e. The van der Waals surface area contributed by atoms with Crippen molar-refractivity contribution in [3.63, 3.8) is 0 Å². The first-order valence-corrected chi connectivity index (χ1v) is 7.72. The second kappa shape index (κ2) is 7.18. The zero-order chi connectivity index (χ0) is 18.7. The van der Waals surface area contributed by atoms with Crippen LogP contribution in [-0.2, 0) is 4.79 Å². The molecule has 0 aliphatic heterocycles. The van der Waals surface area contributed by atoms with Crippen LogP contribution in [-0.4, -0.2) is 24.8 Å². The number of hydrogen-bond donors (Lipinski definition) is 1. The number of para-hydroxylation sites is 2. The quantitative estimate of drug-likeness (QED) is 0.723. The maximum absolute atomic E-state index is 12.8. The summed E-state index contributed by atoms with van der Waals surface area (Å²) in [6.45, 7) is 1.13. The number of ether oxygens (including phenoxy) is 3. The van der Waals surface area contributed by atoms with Gasteiger partial charge in [0.2, 0.25) is 11.2 Å². The standard InChI is InChI=1S/C19H16O7/c1-11-19(26-15-6-4-3-5-14(15)23-2)18(22)13-8-7-12(9-16(13)25-11)24-10-17(20)21/h3-9H,10H2,1-2H3,(H,20,21). The summed E-state index contributed by atoms with van der Waals surface area (Å²) in [7, 11) is 1.51. The monoisotopic (exact) mass is 356 g/mol. The van der Waals surface area contributed by atoms with Crippen LogP contribution in [0.15, 0.2) is 51.7 Å². The Labute approximate surface area is 148 Å². The minimum Gasteiger partial charge on any atom is -0.493 e.